The SMILES string of the molecule is CC(C)N(Cc1ccc(C(=O)N2CCC3(CC2)OCCO3)o1)Cc1ccccc1F. The van der Waals surface area contributed by atoms with E-state index in [1.54, 1.807) is 23.1 Å². The molecule has 0 unspecified atom stereocenters. The lowest BCUT2D eigenvalue weighted by Gasteiger charge is -2.37. The lowest BCUT2D eigenvalue weighted by atomic mass is 10.0. The Morgan fingerprint density at radius 1 is 1.10 bits per heavy atom. The Morgan fingerprint density at radius 2 is 1.80 bits per heavy atom. The van der Waals surface area contributed by atoms with Crippen molar-refractivity contribution in [1.82, 2.24) is 9.80 Å². The standard InChI is InChI=1S/C23H29FN2O4/c1-17(2)26(15-18-5-3-4-6-20(18)24)16-19-7-8-21(30-19)22(27)25-11-9-23(10-12-25)28-13-14-29-23/h3-8,17H,9-16H2,1-2H3. The van der Waals surface area contributed by atoms with Gasteiger partial charge in [0.15, 0.2) is 11.5 Å². The summed E-state index contributed by atoms with van der Waals surface area (Å²) in [5.41, 5.74) is 0.646. The second-order valence-corrected chi connectivity index (χ2v) is 8.26. The first-order chi connectivity index (χ1) is 14.5. The summed E-state index contributed by atoms with van der Waals surface area (Å²) in [5.74, 6) is 0.203. The molecular formula is C23H29FN2O4. The van der Waals surface area contributed by atoms with Gasteiger partial charge in [0.05, 0.1) is 19.8 Å². The van der Waals surface area contributed by atoms with Crippen molar-refractivity contribution in [3.63, 3.8) is 0 Å². The quantitative estimate of drug-likeness (QED) is 0.717. The topological polar surface area (TPSA) is 55.2 Å². The van der Waals surface area contributed by atoms with Gasteiger partial charge in [0.1, 0.15) is 11.6 Å². The molecule has 162 valence electrons. The maximum Gasteiger partial charge on any atom is 0.289 e. The second kappa shape index (κ2) is 8.88. The number of ether oxygens (including phenoxy) is 2. The Hall–Kier alpha value is -2.22. The number of carbonyl (C=O) groups is 1. The van der Waals surface area contributed by atoms with Crippen molar-refractivity contribution >= 4 is 5.91 Å². The first kappa shape index (κ1) is 21.0. The average Bonchev–Trinajstić information content (AvgIpc) is 3.39. The molecular weight excluding hydrogens is 387 g/mol. The van der Waals surface area contributed by atoms with E-state index in [4.69, 9.17) is 13.9 Å². The molecule has 0 aliphatic carbocycles. The van der Waals surface area contributed by atoms with Crippen LogP contribution in [0.3, 0.4) is 0 Å². The Labute approximate surface area is 176 Å². The lowest BCUT2D eigenvalue weighted by Crippen LogP contribution is -2.47. The van der Waals surface area contributed by atoms with Gasteiger partial charge >= 0.3 is 0 Å². The first-order valence-corrected chi connectivity index (χ1v) is 10.6. The number of carbonyl (C=O) groups excluding carboxylic acids is 1. The molecule has 2 saturated heterocycles. The number of halogens is 1. The highest BCUT2D eigenvalue weighted by molar-refractivity contribution is 5.91. The molecule has 30 heavy (non-hydrogen) atoms. The summed E-state index contributed by atoms with van der Waals surface area (Å²) < 4.78 is 31.4. The van der Waals surface area contributed by atoms with Crippen molar-refractivity contribution in [1.29, 1.82) is 0 Å². The van der Waals surface area contributed by atoms with Gasteiger partial charge in [-0.15, -0.1) is 0 Å². The van der Waals surface area contributed by atoms with Crippen LogP contribution in [0.1, 0.15) is 48.6 Å². The minimum Gasteiger partial charge on any atom is -0.455 e. The van der Waals surface area contributed by atoms with Crippen LogP contribution in [0, 0.1) is 5.82 Å². The van der Waals surface area contributed by atoms with Crippen molar-refractivity contribution in [2.45, 2.75) is 51.6 Å². The molecule has 0 N–H and O–H groups in total. The summed E-state index contributed by atoms with van der Waals surface area (Å²) in [7, 11) is 0. The number of benzene rings is 1. The Balaban J connectivity index is 1.38. The number of nitrogens with zero attached hydrogens (tertiary/aromatic N) is 2. The minimum absolute atomic E-state index is 0.112. The number of furan rings is 1. The van der Waals surface area contributed by atoms with Gasteiger partial charge in [0.25, 0.3) is 5.91 Å². The Morgan fingerprint density at radius 3 is 2.47 bits per heavy atom. The highest BCUT2D eigenvalue weighted by Crippen LogP contribution is 2.32. The van der Waals surface area contributed by atoms with Crippen LogP contribution in [0.2, 0.25) is 0 Å². The van der Waals surface area contributed by atoms with Gasteiger partial charge in [-0.05, 0) is 32.0 Å². The molecule has 0 bridgehead atoms. The van der Waals surface area contributed by atoms with Crippen LogP contribution in [0.4, 0.5) is 4.39 Å². The fourth-order valence-corrected chi connectivity index (χ4v) is 4.04. The third-order valence-electron chi connectivity index (χ3n) is 5.92. The van der Waals surface area contributed by atoms with E-state index < -0.39 is 5.79 Å². The van der Waals surface area contributed by atoms with Gasteiger partial charge in [0.2, 0.25) is 0 Å². The number of hydrogen-bond donors (Lipinski definition) is 0. The summed E-state index contributed by atoms with van der Waals surface area (Å²) in [6, 6.07) is 10.6. The summed E-state index contributed by atoms with van der Waals surface area (Å²) >= 11 is 0. The molecule has 6 nitrogen and oxygen atoms in total. The smallest absolute Gasteiger partial charge is 0.289 e. The lowest BCUT2D eigenvalue weighted by molar-refractivity contribution is -0.181. The third kappa shape index (κ3) is 4.58. The van der Waals surface area contributed by atoms with Crippen LogP contribution in [0.25, 0.3) is 0 Å². The third-order valence-corrected chi connectivity index (χ3v) is 5.92. The molecule has 3 heterocycles. The molecule has 2 aliphatic rings. The van der Waals surface area contributed by atoms with E-state index in [0.717, 1.165) is 0 Å². The van der Waals surface area contributed by atoms with Crippen LogP contribution >= 0.6 is 0 Å². The molecule has 2 aromatic rings. The van der Waals surface area contributed by atoms with Crippen LogP contribution < -0.4 is 0 Å². The average molecular weight is 416 g/mol. The molecule has 2 aliphatic heterocycles. The van der Waals surface area contributed by atoms with E-state index in [-0.39, 0.29) is 17.8 Å². The fraction of sp³-hybridized carbons (Fsp3) is 0.522. The van der Waals surface area contributed by atoms with Crippen molar-refractivity contribution in [2.24, 2.45) is 0 Å². The molecule has 0 saturated carbocycles. The summed E-state index contributed by atoms with van der Waals surface area (Å²) in [4.78, 5) is 16.8. The number of piperidine rings is 1. The molecule has 2 fully saturated rings. The molecule has 0 atom stereocenters. The van der Waals surface area contributed by atoms with E-state index in [2.05, 4.69) is 18.7 Å². The molecule has 1 spiro atoms. The van der Waals surface area contributed by atoms with Crippen LogP contribution in [-0.2, 0) is 22.6 Å². The Bertz CT molecular complexity index is 866. The number of amides is 1. The highest BCUT2D eigenvalue weighted by atomic mass is 19.1. The summed E-state index contributed by atoms with van der Waals surface area (Å²) in [6.45, 7) is 7.51. The number of rotatable bonds is 6. The van der Waals surface area contributed by atoms with Crippen LogP contribution in [-0.4, -0.2) is 53.8 Å². The van der Waals surface area contributed by atoms with Crippen LogP contribution in [0.15, 0.2) is 40.8 Å². The first-order valence-electron chi connectivity index (χ1n) is 10.6. The highest BCUT2D eigenvalue weighted by Gasteiger charge is 2.41. The zero-order chi connectivity index (χ0) is 21.1. The maximum atomic E-state index is 14.1. The van der Waals surface area contributed by atoms with Gasteiger partial charge in [-0.25, -0.2) is 4.39 Å². The van der Waals surface area contributed by atoms with Crippen molar-refractivity contribution < 1.29 is 23.1 Å². The Kier molecular flexibility index (Phi) is 6.22. The monoisotopic (exact) mass is 416 g/mol. The summed E-state index contributed by atoms with van der Waals surface area (Å²) in [6.07, 6.45) is 1.35. The maximum absolute atomic E-state index is 14.1. The van der Waals surface area contributed by atoms with Gasteiger partial charge in [-0.2, -0.15) is 0 Å². The van der Waals surface area contributed by atoms with Gasteiger partial charge in [-0.3, -0.25) is 9.69 Å². The minimum atomic E-state index is -0.504. The summed E-state index contributed by atoms with van der Waals surface area (Å²) in [5, 5.41) is 0. The largest absolute Gasteiger partial charge is 0.455 e. The molecule has 1 aromatic heterocycles. The fourth-order valence-electron chi connectivity index (χ4n) is 4.04. The number of hydrogen-bond acceptors (Lipinski definition) is 5. The normalized spacial score (nSPS) is 18.6. The second-order valence-electron chi connectivity index (χ2n) is 8.26. The van der Waals surface area contributed by atoms with Crippen molar-refractivity contribution in [3.05, 3.63) is 59.3 Å². The van der Waals surface area contributed by atoms with E-state index in [1.165, 1.54) is 6.07 Å². The molecule has 1 aromatic carbocycles. The van der Waals surface area contributed by atoms with Crippen molar-refractivity contribution in [3.8, 4) is 0 Å². The van der Waals surface area contributed by atoms with Gasteiger partial charge in [0, 0.05) is 44.1 Å². The van der Waals surface area contributed by atoms with E-state index in [9.17, 15) is 9.18 Å². The van der Waals surface area contributed by atoms with Gasteiger partial charge < -0.3 is 18.8 Å². The van der Waals surface area contributed by atoms with Crippen LogP contribution in [0.5, 0.6) is 0 Å². The molecule has 7 heteroatoms. The molecule has 0 radical (unpaired) electrons. The number of likely N-dealkylation sites (tertiary alicyclic amines) is 1. The predicted molar refractivity (Wildman–Crippen MR) is 109 cm³/mol. The zero-order valence-electron chi connectivity index (χ0n) is 17.6. The molecule has 1 amide bonds. The zero-order valence-corrected chi connectivity index (χ0v) is 17.6. The predicted octanol–water partition coefficient (Wildman–Crippen LogP) is 3.81. The molecule has 4 rings (SSSR count). The van der Waals surface area contributed by atoms with E-state index >= 15 is 0 Å². The van der Waals surface area contributed by atoms with Crippen molar-refractivity contribution in [2.75, 3.05) is 26.3 Å². The van der Waals surface area contributed by atoms with Gasteiger partial charge in [-0.1, -0.05) is 18.2 Å². The van der Waals surface area contributed by atoms with E-state index in [0.29, 0.717) is 69.3 Å². The van der Waals surface area contributed by atoms with E-state index in [1.807, 2.05) is 12.1 Å².